The number of imidazole rings is 1. The topological polar surface area (TPSA) is 73.6 Å². The van der Waals surface area contributed by atoms with E-state index < -0.39 is 5.60 Å². The molecule has 1 atom stereocenters. The fourth-order valence-electron chi connectivity index (χ4n) is 3.70. The van der Waals surface area contributed by atoms with Gasteiger partial charge in [0, 0.05) is 6.54 Å². The number of rotatable bonds is 2. The van der Waals surface area contributed by atoms with E-state index in [1.807, 2.05) is 18.3 Å². The molecule has 3 aromatic heterocycles. The molecule has 2 aliphatic rings. The summed E-state index contributed by atoms with van der Waals surface area (Å²) in [5, 5.41) is 0. The van der Waals surface area contributed by atoms with Crippen LogP contribution in [0.15, 0.2) is 51.8 Å². The van der Waals surface area contributed by atoms with Gasteiger partial charge in [0.05, 0.1) is 31.8 Å². The second kappa shape index (κ2) is 5.35. The molecule has 5 rings (SSSR count). The van der Waals surface area contributed by atoms with Crippen LogP contribution in [0.5, 0.6) is 0 Å². The van der Waals surface area contributed by atoms with Gasteiger partial charge in [-0.2, -0.15) is 0 Å². The highest BCUT2D eigenvalue weighted by Gasteiger charge is 2.45. The lowest BCUT2D eigenvalue weighted by Crippen LogP contribution is -2.45. The standard InChI is InChI=1S/C18H17N3O4/c22-17(15-4-2-8-24-15)20-6-5-18(11-20)12-21-13(14-3-1-7-23-14)9-19-16(21)10-25-18/h1-4,7-9H,5-6,10-12H2/t18-/m1/s1. The van der Waals surface area contributed by atoms with Crippen molar-refractivity contribution < 1.29 is 18.4 Å². The maximum Gasteiger partial charge on any atom is 0.289 e. The van der Waals surface area contributed by atoms with Crippen LogP contribution < -0.4 is 0 Å². The molecule has 1 fully saturated rings. The first kappa shape index (κ1) is 14.5. The molecule has 0 aliphatic carbocycles. The normalized spacial score (nSPS) is 22.5. The molecule has 2 aliphatic heterocycles. The first-order valence-corrected chi connectivity index (χ1v) is 8.29. The molecule has 1 amide bonds. The number of amides is 1. The van der Waals surface area contributed by atoms with Crippen molar-refractivity contribution in [1.82, 2.24) is 14.5 Å². The van der Waals surface area contributed by atoms with E-state index in [0.29, 0.717) is 32.0 Å². The number of likely N-dealkylation sites (tertiary alicyclic amines) is 1. The molecule has 0 saturated carbocycles. The average Bonchev–Trinajstić information content (AvgIpc) is 3.41. The molecule has 1 spiro atoms. The molecular formula is C18H17N3O4. The van der Waals surface area contributed by atoms with E-state index in [2.05, 4.69) is 9.55 Å². The predicted molar refractivity (Wildman–Crippen MR) is 86.7 cm³/mol. The number of hydrogen-bond donors (Lipinski definition) is 0. The Morgan fingerprint density at radius 1 is 1.16 bits per heavy atom. The lowest BCUT2D eigenvalue weighted by molar-refractivity contribution is -0.0806. The third kappa shape index (κ3) is 2.31. The van der Waals surface area contributed by atoms with Crippen LogP contribution in [0.3, 0.4) is 0 Å². The summed E-state index contributed by atoms with van der Waals surface area (Å²) < 4.78 is 19.0. The summed E-state index contributed by atoms with van der Waals surface area (Å²) in [6, 6.07) is 7.21. The van der Waals surface area contributed by atoms with E-state index in [0.717, 1.165) is 23.7 Å². The summed E-state index contributed by atoms with van der Waals surface area (Å²) in [6.07, 6.45) is 5.78. The first-order chi connectivity index (χ1) is 12.2. The van der Waals surface area contributed by atoms with Crippen LogP contribution in [0.2, 0.25) is 0 Å². The predicted octanol–water partition coefficient (Wildman–Crippen LogP) is 2.55. The fourth-order valence-corrected chi connectivity index (χ4v) is 3.70. The summed E-state index contributed by atoms with van der Waals surface area (Å²) in [4.78, 5) is 18.8. The maximum atomic E-state index is 12.5. The fraction of sp³-hybridized carbons (Fsp3) is 0.333. The number of nitrogens with zero attached hydrogens (tertiary/aromatic N) is 3. The summed E-state index contributed by atoms with van der Waals surface area (Å²) >= 11 is 0. The molecule has 7 nitrogen and oxygen atoms in total. The number of furan rings is 2. The minimum absolute atomic E-state index is 0.0897. The molecule has 0 aromatic carbocycles. The second-order valence-electron chi connectivity index (χ2n) is 6.55. The molecule has 0 unspecified atom stereocenters. The molecule has 7 heteroatoms. The van der Waals surface area contributed by atoms with Gasteiger partial charge in [-0.3, -0.25) is 4.79 Å². The third-order valence-corrected chi connectivity index (χ3v) is 5.00. The van der Waals surface area contributed by atoms with Crippen LogP contribution in [0.1, 0.15) is 22.8 Å². The summed E-state index contributed by atoms with van der Waals surface area (Å²) in [7, 11) is 0. The van der Waals surface area contributed by atoms with Gasteiger partial charge >= 0.3 is 0 Å². The zero-order chi connectivity index (χ0) is 16.9. The Morgan fingerprint density at radius 3 is 2.84 bits per heavy atom. The SMILES string of the molecule is O=C(c1ccco1)N1CC[C@@]2(C1)Cn1c(-c3ccco3)cnc1CO2. The van der Waals surface area contributed by atoms with Crippen LogP contribution in [0, 0.1) is 0 Å². The van der Waals surface area contributed by atoms with Crippen LogP contribution in [-0.4, -0.2) is 39.0 Å². The third-order valence-electron chi connectivity index (χ3n) is 5.00. The van der Waals surface area contributed by atoms with Crippen LogP contribution in [0.4, 0.5) is 0 Å². The van der Waals surface area contributed by atoms with Gasteiger partial charge in [-0.1, -0.05) is 0 Å². The van der Waals surface area contributed by atoms with E-state index in [1.165, 1.54) is 6.26 Å². The van der Waals surface area contributed by atoms with Gasteiger partial charge in [-0.15, -0.1) is 0 Å². The number of ether oxygens (including phenoxy) is 1. The highest BCUT2D eigenvalue weighted by atomic mass is 16.5. The quantitative estimate of drug-likeness (QED) is 0.717. The Hall–Kier alpha value is -2.80. The minimum atomic E-state index is -0.392. The molecule has 3 aromatic rings. The lowest BCUT2D eigenvalue weighted by atomic mass is 10.0. The van der Waals surface area contributed by atoms with E-state index >= 15 is 0 Å². The largest absolute Gasteiger partial charge is 0.463 e. The number of carbonyl (C=O) groups is 1. The number of aromatic nitrogens is 2. The summed E-state index contributed by atoms with van der Waals surface area (Å²) in [6.45, 7) is 2.28. The van der Waals surface area contributed by atoms with Gasteiger partial charge in [0.2, 0.25) is 0 Å². The molecule has 0 N–H and O–H groups in total. The first-order valence-electron chi connectivity index (χ1n) is 8.29. The maximum absolute atomic E-state index is 12.5. The van der Waals surface area contributed by atoms with Crippen molar-refractivity contribution in [3.05, 3.63) is 54.6 Å². The Balaban J connectivity index is 1.40. The smallest absolute Gasteiger partial charge is 0.289 e. The van der Waals surface area contributed by atoms with E-state index in [1.54, 1.807) is 23.3 Å². The highest BCUT2D eigenvalue weighted by Crippen LogP contribution is 2.35. The average molecular weight is 339 g/mol. The van der Waals surface area contributed by atoms with Crippen LogP contribution in [0.25, 0.3) is 11.5 Å². The Morgan fingerprint density at radius 2 is 2.04 bits per heavy atom. The van der Waals surface area contributed by atoms with Crippen molar-refractivity contribution in [2.75, 3.05) is 13.1 Å². The van der Waals surface area contributed by atoms with Crippen molar-refractivity contribution in [3.63, 3.8) is 0 Å². The Bertz CT molecular complexity index is 897. The second-order valence-corrected chi connectivity index (χ2v) is 6.55. The van der Waals surface area contributed by atoms with E-state index in [4.69, 9.17) is 13.6 Å². The van der Waals surface area contributed by atoms with Crippen molar-refractivity contribution in [2.24, 2.45) is 0 Å². The number of carbonyl (C=O) groups excluding carboxylic acids is 1. The van der Waals surface area contributed by atoms with Crippen molar-refractivity contribution in [2.45, 2.75) is 25.2 Å². The van der Waals surface area contributed by atoms with E-state index in [9.17, 15) is 4.79 Å². The summed E-state index contributed by atoms with van der Waals surface area (Å²) in [5.41, 5.74) is 0.551. The zero-order valence-electron chi connectivity index (χ0n) is 13.6. The number of hydrogen-bond acceptors (Lipinski definition) is 5. The van der Waals surface area contributed by atoms with Crippen molar-refractivity contribution in [1.29, 1.82) is 0 Å². The van der Waals surface area contributed by atoms with Gasteiger partial charge in [0.25, 0.3) is 5.91 Å². The molecule has 128 valence electrons. The Kier molecular flexibility index (Phi) is 3.11. The van der Waals surface area contributed by atoms with Gasteiger partial charge in [0.15, 0.2) is 11.5 Å². The zero-order valence-corrected chi connectivity index (χ0v) is 13.6. The minimum Gasteiger partial charge on any atom is -0.463 e. The van der Waals surface area contributed by atoms with Crippen molar-refractivity contribution in [3.8, 4) is 11.5 Å². The monoisotopic (exact) mass is 339 g/mol. The molecule has 1 saturated heterocycles. The summed E-state index contributed by atoms with van der Waals surface area (Å²) in [5.74, 6) is 1.95. The van der Waals surface area contributed by atoms with Gasteiger partial charge in [-0.05, 0) is 30.7 Å². The lowest BCUT2D eigenvalue weighted by Gasteiger charge is -2.34. The molecule has 25 heavy (non-hydrogen) atoms. The highest BCUT2D eigenvalue weighted by molar-refractivity contribution is 5.91. The molecular weight excluding hydrogens is 322 g/mol. The van der Waals surface area contributed by atoms with Crippen molar-refractivity contribution >= 4 is 5.91 Å². The van der Waals surface area contributed by atoms with Gasteiger partial charge < -0.3 is 23.0 Å². The number of fused-ring (bicyclic) bond motifs is 1. The van der Waals surface area contributed by atoms with Crippen LogP contribution >= 0.6 is 0 Å². The molecule has 5 heterocycles. The molecule has 0 radical (unpaired) electrons. The molecule has 0 bridgehead atoms. The van der Waals surface area contributed by atoms with Gasteiger partial charge in [0.1, 0.15) is 23.7 Å². The Labute approximate surface area is 143 Å². The van der Waals surface area contributed by atoms with Crippen LogP contribution in [-0.2, 0) is 17.9 Å². The van der Waals surface area contributed by atoms with Gasteiger partial charge in [-0.25, -0.2) is 4.98 Å². The van der Waals surface area contributed by atoms with E-state index in [-0.39, 0.29) is 5.91 Å².